The summed E-state index contributed by atoms with van der Waals surface area (Å²) < 4.78 is 10.6. The Labute approximate surface area is 94.1 Å². The highest BCUT2D eigenvalue weighted by Gasteiger charge is 2.10. The van der Waals surface area contributed by atoms with Crippen molar-refractivity contribution in [3.63, 3.8) is 0 Å². The van der Waals surface area contributed by atoms with E-state index in [1.54, 1.807) is 0 Å². The second-order valence-corrected chi connectivity index (χ2v) is 3.42. The largest absolute Gasteiger partial charge is 0.494 e. The number of nitrogens with zero attached hydrogens (tertiary/aromatic N) is 1. The predicted octanol–water partition coefficient (Wildman–Crippen LogP) is 2.63. The standard InChI is InChI=1S/C12H14N2O2/c1-3-15-10-6-4-5-9(7-10)11-8(2)16-12(13)14-11/h4-7H,3H2,1-2H3,(H2,13,14). The third-order valence-corrected chi connectivity index (χ3v) is 2.23. The molecule has 2 aromatic rings. The predicted molar refractivity (Wildman–Crippen MR) is 62.3 cm³/mol. The lowest BCUT2D eigenvalue weighted by atomic mass is 10.1. The van der Waals surface area contributed by atoms with E-state index in [0.29, 0.717) is 12.4 Å². The molecule has 2 rings (SSSR count). The molecule has 16 heavy (non-hydrogen) atoms. The molecule has 2 N–H and O–H groups in total. The Morgan fingerprint density at radius 1 is 1.44 bits per heavy atom. The minimum absolute atomic E-state index is 0.189. The first kappa shape index (κ1) is 10.5. The third kappa shape index (κ3) is 2.00. The van der Waals surface area contributed by atoms with Gasteiger partial charge in [0.1, 0.15) is 17.2 Å². The molecule has 0 saturated carbocycles. The van der Waals surface area contributed by atoms with Crippen LogP contribution in [0.4, 0.5) is 6.01 Å². The van der Waals surface area contributed by atoms with Gasteiger partial charge in [-0.3, -0.25) is 0 Å². The van der Waals surface area contributed by atoms with Gasteiger partial charge in [-0.15, -0.1) is 0 Å². The Hall–Kier alpha value is -1.97. The Morgan fingerprint density at radius 3 is 2.88 bits per heavy atom. The molecule has 1 aromatic heterocycles. The number of nitrogen functional groups attached to an aromatic ring is 1. The summed E-state index contributed by atoms with van der Waals surface area (Å²) in [6.07, 6.45) is 0. The molecule has 84 valence electrons. The van der Waals surface area contributed by atoms with Crippen LogP contribution in [0.2, 0.25) is 0 Å². The highest BCUT2D eigenvalue weighted by atomic mass is 16.5. The van der Waals surface area contributed by atoms with Crippen LogP contribution in [0.1, 0.15) is 12.7 Å². The van der Waals surface area contributed by atoms with Gasteiger partial charge >= 0.3 is 0 Å². The van der Waals surface area contributed by atoms with Gasteiger partial charge in [0, 0.05) is 5.56 Å². The van der Waals surface area contributed by atoms with Crippen LogP contribution in [0.3, 0.4) is 0 Å². The zero-order valence-electron chi connectivity index (χ0n) is 9.36. The molecule has 0 aliphatic carbocycles. The molecule has 0 unspecified atom stereocenters. The van der Waals surface area contributed by atoms with E-state index < -0.39 is 0 Å². The monoisotopic (exact) mass is 218 g/mol. The SMILES string of the molecule is CCOc1cccc(-c2nc(N)oc2C)c1. The van der Waals surface area contributed by atoms with E-state index in [2.05, 4.69) is 4.98 Å². The number of hydrogen-bond acceptors (Lipinski definition) is 4. The normalized spacial score (nSPS) is 10.4. The first-order chi connectivity index (χ1) is 7.70. The molecule has 0 saturated heterocycles. The molecule has 0 amide bonds. The van der Waals surface area contributed by atoms with Gasteiger partial charge in [-0.25, -0.2) is 0 Å². The van der Waals surface area contributed by atoms with Crippen molar-refractivity contribution in [1.29, 1.82) is 0 Å². The third-order valence-electron chi connectivity index (χ3n) is 2.23. The summed E-state index contributed by atoms with van der Waals surface area (Å²) in [6.45, 7) is 4.43. The van der Waals surface area contributed by atoms with E-state index in [9.17, 15) is 0 Å². The van der Waals surface area contributed by atoms with E-state index in [-0.39, 0.29) is 6.01 Å². The van der Waals surface area contributed by atoms with Gasteiger partial charge in [0.2, 0.25) is 0 Å². The molecule has 0 bridgehead atoms. The first-order valence-electron chi connectivity index (χ1n) is 5.17. The van der Waals surface area contributed by atoms with Crippen molar-refractivity contribution in [1.82, 2.24) is 4.98 Å². The highest BCUT2D eigenvalue weighted by Crippen LogP contribution is 2.27. The van der Waals surface area contributed by atoms with Gasteiger partial charge in [0.05, 0.1) is 6.61 Å². The Morgan fingerprint density at radius 2 is 2.25 bits per heavy atom. The van der Waals surface area contributed by atoms with E-state index in [1.807, 2.05) is 38.1 Å². The number of aromatic nitrogens is 1. The van der Waals surface area contributed by atoms with Crippen LogP contribution in [-0.4, -0.2) is 11.6 Å². The lowest BCUT2D eigenvalue weighted by Crippen LogP contribution is -1.91. The molecule has 1 aromatic carbocycles. The van der Waals surface area contributed by atoms with Crippen LogP contribution in [-0.2, 0) is 0 Å². The van der Waals surface area contributed by atoms with Crippen molar-refractivity contribution in [2.45, 2.75) is 13.8 Å². The molecule has 1 heterocycles. The van der Waals surface area contributed by atoms with E-state index in [4.69, 9.17) is 14.9 Å². The molecular formula is C12H14N2O2. The molecule has 0 atom stereocenters. The van der Waals surface area contributed by atoms with E-state index >= 15 is 0 Å². The molecule has 0 aliphatic rings. The van der Waals surface area contributed by atoms with Gasteiger partial charge < -0.3 is 14.9 Å². The van der Waals surface area contributed by atoms with Gasteiger partial charge in [-0.2, -0.15) is 4.98 Å². The fraction of sp³-hybridized carbons (Fsp3) is 0.250. The quantitative estimate of drug-likeness (QED) is 0.860. The van der Waals surface area contributed by atoms with Crippen molar-refractivity contribution in [2.24, 2.45) is 0 Å². The summed E-state index contributed by atoms with van der Waals surface area (Å²) in [5.41, 5.74) is 7.22. The van der Waals surface area contributed by atoms with Crippen LogP contribution in [0.5, 0.6) is 5.75 Å². The number of oxazole rings is 1. The molecule has 0 aliphatic heterocycles. The van der Waals surface area contributed by atoms with Crippen molar-refractivity contribution in [3.05, 3.63) is 30.0 Å². The maximum Gasteiger partial charge on any atom is 0.292 e. The smallest absolute Gasteiger partial charge is 0.292 e. The first-order valence-corrected chi connectivity index (χ1v) is 5.17. The Kier molecular flexibility index (Phi) is 2.81. The van der Waals surface area contributed by atoms with Crippen LogP contribution >= 0.6 is 0 Å². The molecule has 4 heteroatoms. The maximum atomic E-state index is 5.50. The van der Waals surface area contributed by atoms with Gasteiger partial charge in [-0.05, 0) is 26.0 Å². The van der Waals surface area contributed by atoms with Gasteiger partial charge in [-0.1, -0.05) is 12.1 Å². The molecular weight excluding hydrogens is 204 g/mol. The van der Waals surface area contributed by atoms with Crippen molar-refractivity contribution < 1.29 is 9.15 Å². The summed E-state index contributed by atoms with van der Waals surface area (Å²) in [4.78, 5) is 4.14. The maximum absolute atomic E-state index is 5.50. The average molecular weight is 218 g/mol. The van der Waals surface area contributed by atoms with Gasteiger partial charge in [0.15, 0.2) is 0 Å². The van der Waals surface area contributed by atoms with Crippen molar-refractivity contribution in [2.75, 3.05) is 12.3 Å². The summed E-state index contributed by atoms with van der Waals surface area (Å²) in [5.74, 6) is 1.53. The second-order valence-electron chi connectivity index (χ2n) is 3.42. The number of aryl methyl sites for hydroxylation is 1. The number of rotatable bonds is 3. The van der Waals surface area contributed by atoms with Crippen LogP contribution < -0.4 is 10.5 Å². The fourth-order valence-corrected chi connectivity index (χ4v) is 1.58. The minimum Gasteiger partial charge on any atom is -0.494 e. The number of anilines is 1. The lowest BCUT2D eigenvalue weighted by Gasteiger charge is -2.04. The number of ether oxygens (including phenoxy) is 1. The average Bonchev–Trinajstić information content (AvgIpc) is 2.59. The van der Waals surface area contributed by atoms with Crippen LogP contribution in [0.15, 0.2) is 28.7 Å². The number of hydrogen-bond donors (Lipinski definition) is 1. The number of benzene rings is 1. The molecule has 0 spiro atoms. The summed E-state index contributed by atoms with van der Waals surface area (Å²) >= 11 is 0. The van der Waals surface area contributed by atoms with E-state index in [0.717, 1.165) is 17.0 Å². The summed E-state index contributed by atoms with van der Waals surface area (Å²) in [5, 5.41) is 0. The highest BCUT2D eigenvalue weighted by molar-refractivity contribution is 5.64. The van der Waals surface area contributed by atoms with E-state index in [1.165, 1.54) is 0 Å². The van der Waals surface area contributed by atoms with Gasteiger partial charge in [0.25, 0.3) is 6.01 Å². The number of nitrogens with two attached hydrogens (primary N) is 1. The lowest BCUT2D eigenvalue weighted by molar-refractivity contribution is 0.340. The summed E-state index contributed by atoms with van der Waals surface area (Å²) in [6, 6.07) is 7.89. The fourth-order valence-electron chi connectivity index (χ4n) is 1.58. The topological polar surface area (TPSA) is 61.3 Å². The summed E-state index contributed by atoms with van der Waals surface area (Å²) in [7, 11) is 0. The molecule has 0 radical (unpaired) electrons. The molecule has 0 fully saturated rings. The zero-order valence-corrected chi connectivity index (χ0v) is 9.36. The molecule has 4 nitrogen and oxygen atoms in total. The van der Waals surface area contributed by atoms with Crippen LogP contribution in [0.25, 0.3) is 11.3 Å². The van der Waals surface area contributed by atoms with Crippen molar-refractivity contribution in [3.8, 4) is 17.0 Å². The second kappa shape index (κ2) is 4.26. The minimum atomic E-state index is 0.189. The van der Waals surface area contributed by atoms with Crippen LogP contribution in [0, 0.1) is 6.92 Å². The Bertz CT molecular complexity index is 492. The zero-order chi connectivity index (χ0) is 11.5. The Balaban J connectivity index is 2.40. The van der Waals surface area contributed by atoms with Crippen molar-refractivity contribution >= 4 is 6.01 Å².